The Labute approximate surface area is 103 Å². The van der Waals surface area contributed by atoms with Gasteiger partial charge in [-0.25, -0.2) is 4.39 Å². The molecule has 1 aliphatic rings. The van der Waals surface area contributed by atoms with Crippen molar-refractivity contribution in [2.24, 2.45) is 0 Å². The fourth-order valence-electron chi connectivity index (χ4n) is 2.25. The molecule has 1 aliphatic heterocycles. The third-order valence-corrected chi connectivity index (χ3v) is 3.18. The molecule has 1 saturated heterocycles. The molecule has 3 rings (SSSR count). The van der Waals surface area contributed by atoms with E-state index in [0.717, 1.165) is 0 Å². The number of amides is 1. The number of fused-ring (bicyclic) bond motifs is 1. The zero-order valence-electron chi connectivity index (χ0n) is 9.78. The lowest BCUT2D eigenvalue weighted by Crippen LogP contribution is -2.40. The molecule has 0 saturated carbocycles. The molecule has 1 aromatic heterocycles. The highest BCUT2D eigenvalue weighted by Crippen LogP contribution is 2.23. The summed E-state index contributed by atoms with van der Waals surface area (Å²) >= 11 is 0. The van der Waals surface area contributed by atoms with Gasteiger partial charge in [0, 0.05) is 30.2 Å². The largest absolute Gasteiger partial charge is 0.378 e. The maximum atomic E-state index is 13.8. The molecule has 2 heterocycles. The summed E-state index contributed by atoms with van der Waals surface area (Å²) in [6.45, 7) is 2.19. The normalized spacial score (nSPS) is 16.2. The van der Waals surface area contributed by atoms with Crippen LogP contribution in [0.15, 0.2) is 24.4 Å². The van der Waals surface area contributed by atoms with Crippen LogP contribution in [0.2, 0.25) is 0 Å². The number of carbonyl (C=O) groups is 1. The van der Waals surface area contributed by atoms with Crippen LogP contribution in [0.25, 0.3) is 10.9 Å². The van der Waals surface area contributed by atoms with Crippen LogP contribution in [-0.2, 0) is 4.74 Å². The smallest absolute Gasteiger partial charge is 0.256 e. The molecule has 94 valence electrons. The third-order valence-electron chi connectivity index (χ3n) is 3.18. The number of H-pyrrole nitrogens is 1. The van der Waals surface area contributed by atoms with Crippen LogP contribution in [0.1, 0.15) is 10.4 Å². The highest BCUT2D eigenvalue weighted by molar-refractivity contribution is 6.06. The van der Waals surface area contributed by atoms with Crippen LogP contribution < -0.4 is 0 Å². The lowest BCUT2D eigenvalue weighted by molar-refractivity contribution is 0.0304. The second kappa shape index (κ2) is 4.42. The number of carbonyl (C=O) groups excluding carboxylic acids is 1. The maximum absolute atomic E-state index is 13.8. The molecule has 5 heteroatoms. The Morgan fingerprint density at radius 2 is 2.11 bits per heavy atom. The van der Waals surface area contributed by atoms with Gasteiger partial charge >= 0.3 is 0 Å². The van der Waals surface area contributed by atoms with E-state index in [1.165, 1.54) is 6.07 Å². The summed E-state index contributed by atoms with van der Waals surface area (Å²) < 4.78 is 19.0. The molecule has 0 unspecified atom stereocenters. The summed E-state index contributed by atoms with van der Waals surface area (Å²) in [4.78, 5) is 16.9. The van der Waals surface area contributed by atoms with Gasteiger partial charge in [0.15, 0.2) is 0 Å². The quantitative estimate of drug-likeness (QED) is 0.836. The van der Waals surface area contributed by atoms with Gasteiger partial charge in [-0.1, -0.05) is 6.07 Å². The highest BCUT2D eigenvalue weighted by Gasteiger charge is 2.22. The molecule has 0 atom stereocenters. The van der Waals surface area contributed by atoms with E-state index in [2.05, 4.69) is 4.98 Å². The van der Waals surface area contributed by atoms with E-state index in [1.807, 2.05) is 0 Å². The van der Waals surface area contributed by atoms with Crippen molar-refractivity contribution in [3.8, 4) is 0 Å². The number of aromatic nitrogens is 1. The zero-order valence-corrected chi connectivity index (χ0v) is 9.78. The first-order valence-electron chi connectivity index (χ1n) is 5.90. The van der Waals surface area contributed by atoms with Crippen LogP contribution in [0.4, 0.5) is 4.39 Å². The van der Waals surface area contributed by atoms with E-state index in [9.17, 15) is 9.18 Å². The number of morpholine rings is 1. The summed E-state index contributed by atoms with van der Waals surface area (Å²) in [6, 6.07) is 4.75. The van der Waals surface area contributed by atoms with E-state index in [0.29, 0.717) is 42.8 Å². The third kappa shape index (κ3) is 1.76. The van der Waals surface area contributed by atoms with Gasteiger partial charge in [-0.3, -0.25) is 4.79 Å². The number of halogens is 1. The number of aromatic amines is 1. The molecular weight excluding hydrogens is 235 g/mol. The summed E-state index contributed by atoms with van der Waals surface area (Å²) in [6.07, 6.45) is 1.57. The van der Waals surface area contributed by atoms with Gasteiger partial charge in [0.1, 0.15) is 5.82 Å². The minimum atomic E-state index is -0.370. The standard InChI is InChI=1S/C13H13FN2O2/c14-10-2-1-3-11-12(10)9(8-15-11)13(17)16-4-6-18-7-5-16/h1-3,8,15H,4-7H2. The second-order valence-corrected chi connectivity index (χ2v) is 4.27. The molecule has 0 radical (unpaired) electrons. The van der Waals surface area contributed by atoms with Crippen molar-refractivity contribution in [1.29, 1.82) is 0 Å². The molecule has 4 nitrogen and oxygen atoms in total. The second-order valence-electron chi connectivity index (χ2n) is 4.27. The fraction of sp³-hybridized carbons (Fsp3) is 0.308. The van der Waals surface area contributed by atoms with E-state index in [4.69, 9.17) is 4.74 Å². The Kier molecular flexibility index (Phi) is 2.76. The van der Waals surface area contributed by atoms with Crippen LogP contribution in [0, 0.1) is 5.82 Å². The zero-order chi connectivity index (χ0) is 12.5. The number of rotatable bonds is 1. The monoisotopic (exact) mass is 248 g/mol. The van der Waals surface area contributed by atoms with Crippen LogP contribution >= 0.6 is 0 Å². The van der Waals surface area contributed by atoms with Crippen molar-refractivity contribution in [1.82, 2.24) is 9.88 Å². The van der Waals surface area contributed by atoms with E-state index < -0.39 is 0 Å². The van der Waals surface area contributed by atoms with Crippen molar-refractivity contribution in [2.75, 3.05) is 26.3 Å². The number of hydrogen-bond donors (Lipinski definition) is 1. The van der Waals surface area contributed by atoms with Crippen molar-refractivity contribution < 1.29 is 13.9 Å². The van der Waals surface area contributed by atoms with Crippen molar-refractivity contribution in [3.63, 3.8) is 0 Å². The van der Waals surface area contributed by atoms with E-state index in [-0.39, 0.29) is 11.7 Å². The molecule has 18 heavy (non-hydrogen) atoms. The Hall–Kier alpha value is -1.88. The topological polar surface area (TPSA) is 45.3 Å². The molecule has 0 bridgehead atoms. The first kappa shape index (κ1) is 11.2. The van der Waals surface area contributed by atoms with Gasteiger partial charge in [-0.15, -0.1) is 0 Å². The van der Waals surface area contributed by atoms with Crippen LogP contribution in [-0.4, -0.2) is 42.1 Å². The Balaban J connectivity index is 2.01. The summed E-state index contributed by atoms with van der Waals surface area (Å²) in [5, 5.41) is 0.369. The molecule has 1 fully saturated rings. The fourth-order valence-corrected chi connectivity index (χ4v) is 2.25. The molecule has 0 aliphatic carbocycles. The molecular formula is C13H13FN2O2. The molecule has 2 aromatic rings. The Morgan fingerprint density at radius 3 is 2.89 bits per heavy atom. The van der Waals surface area contributed by atoms with E-state index >= 15 is 0 Å². The maximum Gasteiger partial charge on any atom is 0.256 e. The Morgan fingerprint density at radius 1 is 1.33 bits per heavy atom. The van der Waals surface area contributed by atoms with Crippen molar-refractivity contribution in [3.05, 3.63) is 35.8 Å². The number of nitrogens with one attached hydrogen (secondary N) is 1. The predicted molar refractivity (Wildman–Crippen MR) is 65.0 cm³/mol. The predicted octanol–water partition coefficient (Wildman–Crippen LogP) is 1.78. The van der Waals surface area contributed by atoms with Gasteiger partial charge in [0.2, 0.25) is 0 Å². The average molecular weight is 248 g/mol. The van der Waals surface area contributed by atoms with Crippen molar-refractivity contribution >= 4 is 16.8 Å². The van der Waals surface area contributed by atoms with Gasteiger partial charge in [0.25, 0.3) is 5.91 Å². The minimum absolute atomic E-state index is 0.144. The number of benzene rings is 1. The van der Waals surface area contributed by atoms with Crippen molar-refractivity contribution in [2.45, 2.75) is 0 Å². The van der Waals surface area contributed by atoms with Crippen LogP contribution in [0.5, 0.6) is 0 Å². The average Bonchev–Trinajstić information content (AvgIpc) is 2.84. The highest BCUT2D eigenvalue weighted by atomic mass is 19.1. The van der Waals surface area contributed by atoms with E-state index in [1.54, 1.807) is 23.2 Å². The summed E-state index contributed by atoms with van der Waals surface area (Å²) in [7, 11) is 0. The Bertz CT molecular complexity index is 588. The molecule has 0 spiro atoms. The lowest BCUT2D eigenvalue weighted by atomic mass is 10.1. The lowest BCUT2D eigenvalue weighted by Gasteiger charge is -2.26. The van der Waals surface area contributed by atoms with Gasteiger partial charge in [-0.2, -0.15) is 0 Å². The molecule has 1 aromatic carbocycles. The first-order valence-corrected chi connectivity index (χ1v) is 5.90. The minimum Gasteiger partial charge on any atom is -0.378 e. The number of hydrogen-bond acceptors (Lipinski definition) is 2. The van der Waals surface area contributed by atoms with Gasteiger partial charge in [0.05, 0.1) is 18.8 Å². The molecule has 1 N–H and O–H groups in total. The summed E-state index contributed by atoms with van der Waals surface area (Å²) in [5.41, 5.74) is 1.04. The number of nitrogens with zero attached hydrogens (tertiary/aromatic N) is 1. The van der Waals surface area contributed by atoms with Gasteiger partial charge < -0.3 is 14.6 Å². The van der Waals surface area contributed by atoms with Crippen LogP contribution in [0.3, 0.4) is 0 Å². The van der Waals surface area contributed by atoms with Gasteiger partial charge in [-0.05, 0) is 12.1 Å². The first-order chi connectivity index (χ1) is 8.77. The molecule has 1 amide bonds. The summed E-state index contributed by atoms with van der Waals surface area (Å²) in [5.74, 6) is -0.514. The number of ether oxygens (including phenoxy) is 1. The SMILES string of the molecule is O=C(c1c[nH]c2cccc(F)c12)N1CCOCC1.